The van der Waals surface area contributed by atoms with Crippen molar-refractivity contribution < 1.29 is 1.41 Å². The van der Waals surface area contributed by atoms with E-state index in [-0.39, 0.29) is 0 Å². The molecule has 4 heteroatoms. The Morgan fingerprint density at radius 3 is 2.23 bits per heavy atom. The van der Waals surface area contributed by atoms with Gasteiger partial charge in [0.05, 0.1) is 0 Å². The number of hydrogen-bond acceptors (Lipinski definition) is 2. The fraction of sp³-hybridized carbons (Fsp3) is 0.889. The molecule has 0 aromatic carbocycles. The second-order valence-electron chi connectivity index (χ2n) is 3.22. The van der Waals surface area contributed by atoms with E-state index in [0.29, 0.717) is 0 Å². The molecule has 0 aliphatic rings. The molecule has 1 nitrogen and oxygen atoms in total. The van der Waals surface area contributed by atoms with Crippen LogP contribution in [0.15, 0.2) is 0 Å². The van der Waals surface area contributed by atoms with Gasteiger partial charge in [0.1, 0.15) is 0 Å². The fourth-order valence-corrected chi connectivity index (χ4v) is 22.8. The molecule has 0 unspecified atom stereocenters. The van der Waals surface area contributed by atoms with E-state index in [1.54, 1.807) is 0 Å². The van der Waals surface area contributed by atoms with E-state index in [9.17, 15) is 0 Å². The van der Waals surface area contributed by atoms with Crippen LogP contribution in [0.25, 0.3) is 0 Å². The summed E-state index contributed by atoms with van der Waals surface area (Å²) in [7, 11) is 5.41. The maximum absolute atomic E-state index is 5.95. The Morgan fingerprint density at radius 2 is 1.69 bits per heavy atom. The van der Waals surface area contributed by atoms with Crippen molar-refractivity contribution in [3.8, 4) is 0 Å². The minimum atomic E-state index is -1.74. The standard InChI is InChI=1S/2C4H9.CH2.O.S.2Sn/c2*1-3-4-2;;;;;/h2*1,3-4H2,2H3;1H2;;;;. The van der Waals surface area contributed by atoms with Crippen LogP contribution in [0.4, 0.5) is 0 Å². The molecule has 0 fully saturated rings. The van der Waals surface area contributed by atoms with E-state index in [1.165, 1.54) is 34.6 Å². The zero-order chi connectivity index (χ0) is 10.1. The molecule has 0 N–H and O–H groups in total. The summed E-state index contributed by atoms with van der Waals surface area (Å²) in [6, 6.07) is 0. The quantitative estimate of drug-likeness (QED) is 0.565. The molecular formula is C9H20OSSn2. The van der Waals surface area contributed by atoms with Gasteiger partial charge in [-0.3, -0.25) is 0 Å². The summed E-state index contributed by atoms with van der Waals surface area (Å²) in [5.41, 5.74) is 0. The van der Waals surface area contributed by atoms with Crippen molar-refractivity contribution in [3.05, 3.63) is 0 Å². The van der Waals surface area contributed by atoms with Gasteiger partial charge in [0, 0.05) is 0 Å². The van der Waals surface area contributed by atoms with Crippen LogP contribution in [0.2, 0.25) is 8.87 Å². The van der Waals surface area contributed by atoms with E-state index in [1.807, 2.05) is 0 Å². The number of rotatable bonds is 8. The third-order valence-electron chi connectivity index (χ3n) is 1.80. The van der Waals surface area contributed by atoms with Gasteiger partial charge in [-0.25, -0.2) is 0 Å². The summed E-state index contributed by atoms with van der Waals surface area (Å²) < 4.78 is 12.7. The Hall–Kier alpha value is 1.65. The van der Waals surface area contributed by atoms with Crippen molar-refractivity contribution in [2.75, 3.05) is 0 Å². The van der Waals surface area contributed by atoms with Crippen molar-refractivity contribution >= 4 is 51.7 Å². The summed E-state index contributed by atoms with van der Waals surface area (Å²) in [6.45, 7) is 4.44. The van der Waals surface area contributed by atoms with Crippen LogP contribution in [0, 0.1) is 0 Å². The third-order valence-corrected chi connectivity index (χ3v) is 23.1. The molecule has 0 saturated heterocycles. The fourth-order valence-electron chi connectivity index (χ4n) is 0.958. The first-order valence-electron chi connectivity index (χ1n) is 5.09. The SMILES string of the molecule is [CH2]=[Sn]([CH2]CCC)[O][Sn](=[S])[CH2]CCC. The molecular weight excluding hydrogens is 394 g/mol. The van der Waals surface area contributed by atoms with Gasteiger partial charge in [-0.2, -0.15) is 0 Å². The molecule has 76 valence electrons. The zero-order valence-corrected chi connectivity index (χ0v) is 15.3. The van der Waals surface area contributed by atoms with Crippen molar-refractivity contribution in [1.29, 1.82) is 0 Å². The summed E-state index contributed by atoms with van der Waals surface area (Å²) in [6.07, 6.45) is 5.11. The van der Waals surface area contributed by atoms with Crippen molar-refractivity contribution in [1.82, 2.24) is 0 Å². The second kappa shape index (κ2) is 10.2. The van der Waals surface area contributed by atoms with Gasteiger partial charge >= 0.3 is 102 Å². The molecule has 0 saturated carbocycles. The Bertz CT molecular complexity index is 153. The molecule has 0 rings (SSSR count). The van der Waals surface area contributed by atoms with Crippen LogP contribution in [-0.4, -0.2) is 42.5 Å². The van der Waals surface area contributed by atoms with Crippen LogP contribution in [0.1, 0.15) is 39.5 Å². The van der Waals surface area contributed by atoms with Crippen LogP contribution >= 0.6 is 9.29 Å². The zero-order valence-electron chi connectivity index (χ0n) is 8.77. The monoisotopic (exact) mass is 416 g/mol. The average Bonchev–Trinajstić information content (AvgIpc) is 2.11. The molecule has 0 heterocycles. The average molecular weight is 414 g/mol. The maximum atomic E-state index is 5.95. The van der Waals surface area contributed by atoms with Crippen LogP contribution in [0.3, 0.4) is 0 Å². The summed E-state index contributed by atoms with van der Waals surface area (Å²) in [4.78, 5) is 0. The second-order valence-corrected chi connectivity index (χ2v) is 18.8. The topological polar surface area (TPSA) is 9.23 Å². The molecule has 0 amide bonds. The molecule has 13 heavy (non-hydrogen) atoms. The first-order chi connectivity index (χ1) is 6.20. The third kappa shape index (κ3) is 9.94. The minimum absolute atomic E-state index is 1.24. The van der Waals surface area contributed by atoms with Gasteiger partial charge in [-0.1, -0.05) is 0 Å². The van der Waals surface area contributed by atoms with E-state index < -0.39 is 37.9 Å². The normalized spacial score (nSPS) is 10.0. The summed E-state index contributed by atoms with van der Waals surface area (Å²) >= 11 is -3.36. The molecule has 0 atom stereocenters. The van der Waals surface area contributed by atoms with Gasteiger partial charge < -0.3 is 0 Å². The van der Waals surface area contributed by atoms with E-state index in [0.717, 1.165) is 0 Å². The van der Waals surface area contributed by atoms with Crippen LogP contribution in [0.5, 0.6) is 0 Å². The summed E-state index contributed by atoms with van der Waals surface area (Å²) in [5, 5.41) is 0. The molecule has 0 aromatic rings. The Labute approximate surface area is 100 Å². The van der Waals surface area contributed by atoms with E-state index in [4.69, 9.17) is 10.7 Å². The van der Waals surface area contributed by atoms with Crippen molar-refractivity contribution in [3.63, 3.8) is 0 Å². The molecule has 0 bridgehead atoms. The van der Waals surface area contributed by atoms with Gasteiger partial charge in [-0.05, 0) is 0 Å². The van der Waals surface area contributed by atoms with Crippen LogP contribution in [-0.2, 0) is 1.41 Å². The van der Waals surface area contributed by atoms with Crippen molar-refractivity contribution in [2.24, 2.45) is 0 Å². The van der Waals surface area contributed by atoms with Gasteiger partial charge in [-0.15, -0.1) is 0 Å². The van der Waals surface area contributed by atoms with Gasteiger partial charge in [0.15, 0.2) is 0 Å². The van der Waals surface area contributed by atoms with Crippen LogP contribution < -0.4 is 0 Å². The summed E-state index contributed by atoms with van der Waals surface area (Å²) in [5.74, 6) is 0. The number of unbranched alkanes of at least 4 members (excludes halogenated alkanes) is 2. The molecule has 0 radical (unpaired) electrons. The van der Waals surface area contributed by atoms with Gasteiger partial charge in [0.2, 0.25) is 0 Å². The molecule has 0 aliphatic heterocycles. The number of hydrogen-bond donors (Lipinski definition) is 0. The van der Waals surface area contributed by atoms with Gasteiger partial charge in [0.25, 0.3) is 0 Å². The van der Waals surface area contributed by atoms with E-state index in [2.05, 4.69) is 18.4 Å². The molecule has 0 spiro atoms. The van der Waals surface area contributed by atoms with Crippen molar-refractivity contribution in [2.45, 2.75) is 48.4 Å². The first-order valence-corrected chi connectivity index (χ1v) is 17.4. The molecule has 0 aliphatic carbocycles. The predicted octanol–water partition coefficient (Wildman–Crippen LogP) is 3.29. The van der Waals surface area contributed by atoms with E-state index >= 15 is 0 Å². The predicted molar refractivity (Wildman–Crippen MR) is 66.7 cm³/mol. The Morgan fingerprint density at radius 1 is 1.15 bits per heavy atom. The Balaban J connectivity index is 3.47. The first kappa shape index (κ1) is 14.6. The molecule has 0 aromatic heterocycles. The Kier molecular flexibility index (Phi) is 11.5.